The van der Waals surface area contributed by atoms with E-state index in [4.69, 9.17) is 11.6 Å². The minimum atomic E-state index is 0.496. The molecule has 1 aliphatic carbocycles. The third-order valence-corrected chi connectivity index (χ3v) is 6.37. The zero-order valence-corrected chi connectivity index (χ0v) is 17.9. The highest BCUT2D eigenvalue weighted by molar-refractivity contribution is 6.30. The van der Waals surface area contributed by atoms with Crippen LogP contribution in [0.3, 0.4) is 0 Å². The number of benzene rings is 1. The summed E-state index contributed by atoms with van der Waals surface area (Å²) in [5.41, 5.74) is 2.11. The van der Waals surface area contributed by atoms with Crippen LogP contribution in [0.5, 0.6) is 0 Å². The van der Waals surface area contributed by atoms with Crippen LogP contribution in [0, 0.1) is 0 Å². The lowest BCUT2D eigenvalue weighted by atomic mass is 10.0. The van der Waals surface area contributed by atoms with Crippen LogP contribution in [0.1, 0.15) is 44.1 Å². The number of hydrogen-bond acceptors (Lipinski definition) is 3. The molecule has 1 aromatic carbocycles. The Kier molecular flexibility index (Phi) is 6.72. The number of aliphatic imine (C=N–C) groups is 1. The van der Waals surface area contributed by atoms with Crippen molar-refractivity contribution >= 4 is 17.6 Å². The third-order valence-electron chi connectivity index (χ3n) is 6.12. The van der Waals surface area contributed by atoms with Crippen molar-refractivity contribution in [3.05, 3.63) is 47.2 Å². The Morgan fingerprint density at radius 3 is 2.55 bits per heavy atom. The van der Waals surface area contributed by atoms with Crippen molar-refractivity contribution in [3.63, 3.8) is 0 Å². The maximum absolute atomic E-state index is 5.96. The summed E-state index contributed by atoms with van der Waals surface area (Å²) in [4.78, 5) is 7.11. The topological polar surface area (TPSA) is 57.5 Å². The van der Waals surface area contributed by atoms with Crippen LogP contribution in [-0.4, -0.2) is 52.9 Å². The van der Waals surface area contributed by atoms with E-state index >= 15 is 0 Å². The van der Waals surface area contributed by atoms with E-state index in [0.29, 0.717) is 12.6 Å². The standard InChI is InChI=1S/C22H31ClN6/c1-24-22(27-19-10-12-28(13-11-19)20-4-2-3-5-20)25-14-17-15-26-29(16-17)21-8-6-18(23)7-9-21/h6-9,15-16,19-20H,2-5,10-14H2,1H3,(H2,24,25,27). The molecular formula is C22H31ClN6. The molecule has 2 heterocycles. The van der Waals surface area contributed by atoms with Crippen molar-refractivity contribution < 1.29 is 0 Å². The van der Waals surface area contributed by atoms with Crippen molar-refractivity contribution in [3.8, 4) is 5.69 Å². The first kappa shape index (κ1) is 20.2. The fourth-order valence-corrected chi connectivity index (χ4v) is 4.56. The van der Waals surface area contributed by atoms with Gasteiger partial charge >= 0.3 is 0 Å². The van der Waals surface area contributed by atoms with Crippen LogP contribution in [0.25, 0.3) is 5.69 Å². The monoisotopic (exact) mass is 414 g/mol. The zero-order chi connectivity index (χ0) is 20.1. The molecule has 1 aromatic heterocycles. The molecule has 0 bridgehead atoms. The van der Waals surface area contributed by atoms with E-state index in [0.717, 1.165) is 28.3 Å². The lowest BCUT2D eigenvalue weighted by Crippen LogP contribution is -2.50. The summed E-state index contributed by atoms with van der Waals surface area (Å²) in [5, 5.41) is 12.2. The molecule has 0 unspecified atom stereocenters. The van der Waals surface area contributed by atoms with Gasteiger partial charge in [-0.3, -0.25) is 4.99 Å². The molecule has 29 heavy (non-hydrogen) atoms. The van der Waals surface area contributed by atoms with E-state index in [9.17, 15) is 0 Å². The summed E-state index contributed by atoms with van der Waals surface area (Å²) in [6, 6.07) is 9.01. The first-order valence-electron chi connectivity index (χ1n) is 10.7. The third kappa shape index (κ3) is 5.31. The predicted octanol–water partition coefficient (Wildman–Crippen LogP) is 3.60. The molecular weight excluding hydrogens is 384 g/mol. The van der Waals surface area contributed by atoms with Gasteiger partial charge < -0.3 is 15.5 Å². The average molecular weight is 415 g/mol. The molecule has 4 rings (SSSR count). The van der Waals surface area contributed by atoms with E-state index in [-0.39, 0.29) is 0 Å². The van der Waals surface area contributed by atoms with Gasteiger partial charge in [0.1, 0.15) is 0 Å². The largest absolute Gasteiger partial charge is 0.354 e. The van der Waals surface area contributed by atoms with Crippen LogP contribution in [0.2, 0.25) is 5.02 Å². The van der Waals surface area contributed by atoms with Gasteiger partial charge in [-0.05, 0) is 49.9 Å². The highest BCUT2D eigenvalue weighted by atomic mass is 35.5. The van der Waals surface area contributed by atoms with E-state index in [1.54, 1.807) is 0 Å². The number of piperidine rings is 1. The summed E-state index contributed by atoms with van der Waals surface area (Å²) in [6.45, 7) is 3.09. The molecule has 7 heteroatoms. The van der Waals surface area contributed by atoms with Crippen LogP contribution in [0.15, 0.2) is 41.7 Å². The molecule has 1 saturated heterocycles. The zero-order valence-electron chi connectivity index (χ0n) is 17.1. The van der Waals surface area contributed by atoms with Crippen LogP contribution in [-0.2, 0) is 6.54 Å². The normalized spacial score (nSPS) is 19.6. The Labute approximate surface area is 178 Å². The van der Waals surface area contributed by atoms with Crippen molar-refractivity contribution in [1.29, 1.82) is 0 Å². The molecule has 0 radical (unpaired) electrons. The fourth-order valence-electron chi connectivity index (χ4n) is 4.44. The summed E-state index contributed by atoms with van der Waals surface area (Å²) in [5.74, 6) is 0.864. The second-order valence-corrected chi connectivity index (χ2v) is 8.52. The van der Waals surface area contributed by atoms with E-state index in [2.05, 4.69) is 25.6 Å². The Bertz CT molecular complexity index is 801. The van der Waals surface area contributed by atoms with E-state index in [1.165, 1.54) is 51.6 Å². The van der Waals surface area contributed by atoms with Crippen molar-refractivity contribution in [2.45, 2.75) is 57.2 Å². The molecule has 6 nitrogen and oxygen atoms in total. The Hall–Kier alpha value is -2.05. The minimum absolute atomic E-state index is 0.496. The number of likely N-dealkylation sites (tertiary alicyclic amines) is 1. The summed E-state index contributed by atoms with van der Waals surface area (Å²) in [6.07, 6.45) is 11.9. The number of guanidine groups is 1. The van der Waals surface area contributed by atoms with Gasteiger partial charge in [0.05, 0.1) is 11.9 Å². The van der Waals surface area contributed by atoms with Crippen molar-refractivity contribution in [2.24, 2.45) is 4.99 Å². The van der Waals surface area contributed by atoms with E-state index in [1.807, 2.05) is 48.4 Å². The second-order valence-electron chi connectivity index (χ2n) is 8.09. The first-order valence-corrected chi connectivity index (χ1v) is 11.1. The quantitative estimate of drug-likeness (QED) is 0.579. The Morgan fingerprint density at radius 2 is 1.86 bits per heavy atom. The molecule has 1 saturated carbocycles. The minimum Gasteiger partial charge on any atom is -0.354 e. The molecule has 156 valence electrons. The molecule has 2 N–H and O–H groups in total. The van der Waals surface area contributed by atoms with Gasteiger partial charge in [0.25, 0.3) is 0 Å². The highest BCUT2D eigenvalue weighted by Crippen LogP contribution is 2.26. The van der Waals surface area contributed by atoms with Gasteiger partial charge in [0.2, 0.25) is 0 Å². The molecule has 0 spiro atoms. The molecule has 0 atom stereocenters. The predicted molar refractivity (Wildman–Crippen MR) is 119 cm³/mol. The van der Waals surface area contributed by atoms with E-state index < -0.39 is 0 Å². The summed E-state index contributed by atoms with van der Waals surface area (Å²) >= 11 is 5.96. The number of nitrogens with zero attached hydrogens (tertiary/aromatic N) is 4. The molecule has 1 aliphatic heterocycles. The smallest absolute Gasteiger partial charge is 0.191 e. The molecule has 2 aliphatic rings. The number of aromatic nitrogens is 2. The lowest BCUT2D eigenvalue weighted by molar-refractivity contribution is 0.150. The van der Waals surface area contributed by atoms with Crippen molar-refractivity contribution in [1.82, 2.24) is 25.3 Å². The van der Waals surface area contributed by atoms with Gasteiger partial charge in [-0.25, -0.2) is 4.68 Å². The Balaban J connectivity index is 1.24. The average Bonchev–Trinajstić information content (AvgIpc) is 3.44. The number of halogens is 1. The van der Waals surface area contributed by atoms with Crippen LogP contribution in [0.4, 0.5) is 0 Å². The maximum Gasteiger partial charge on any atom is 0.191 e. The maximum atomic E-state index is 5.96. The first-order chi connectivity index (χ1) is 14.2. The van der Waals surface area contributed by atoms with Gasteiger partial charge in [0, 0.05) is 55.5 Å². The fraction of sp³-hybridized carbons (Fsp3) is 0.545. The summed E-state index contributed by atoms with van der Waals surface area (Å²) < 4.78 is 1.86. The molecule has 2 aromatic rings. The van der Waals surface area contributed by atoms with Crippen molar-refractivity contribution in [2.75, 3.05) is 20.1 Å². The number of nitrogens with one attached hydrogen (secondary N) is 2. The van der Waals surface area contributed by atoms with Crippen LogP contribution >= 0.6 is 11.6 Å². The summed E-state index contributed by atoms with van der Waals surface area (Å²) in [7, 11) is 1.83. The highest BCUT2D eigenvalue weighted by Gasteiger charge is 2.27. The second kappa shape index (κ2) is 9.63. The Morgan fingerprint density at radius 1 is 1.14 bits per heavy atom. The van der Waals surface area contributed by atoms with Gasteiger partial charge in [0.15, 0.2) is 5.96 Å². The number of hydrogen-bond donors (Lipinski definition) is 2. The number of rotatable bonds is 5. The lowest BCUT2D eigenvalue weighted by Gasteiger charge is -2.36. The van der Waals surface area contributed by atoms with Crippen LogP contribution < -0.4 is 10.6 Å². The SMILES string of the molecule is CN=C(NCc1cnn(-c2ccc(Cl)cc2)c1)NC1CCN(C2CCCC2)CC1. The molecule has 2 fully saturated rings. The molecule has 0 amide bonds. The van der Waals surface area contributed by atoms with Gasteiger partial charge in [-0.15, -0.1) is 0 Å². The van der Waals surface area contributed by atoms with Gasteiger partial charge in [-0.2, -0.15) is 5.10 Å². The van der Waals surface area contributed by atoms with Gasteiger partial charge in [-0.1, -0.05) is 24.4 Å².